The van der Waals surface area contributed by atoms with E-state index in [0.29, 0.717) is 11.4 Å². The molecule has 0 radical (unpaired) electrons. The molecular weight excluding hydrogens is 423 g/mol. The summed E-state index contributed by atoms with van der Waals surface area (Å²) in [6.45, 7) is 3.62. The van der Waals surface area contributed by atoms with Gasteiger partial charge in [-0.1, -0.05) is 31.0 Å². The molecule has 0 amide bonds. The molecule has 166 valence electrons. The first kappa shape index (κ1) is 22.9. The molecule has 31 heavy (non-hydrogen) atoms. The molecule has 3 aromatic rings. The fourth-order valence-corrected chi connectivity index (χ4v) is 3.72. The van der Waals surface area contributed by atoms with Crippen molar-refractivity contribution in [2.75, 3.05) is 6.61 Å². The third-order valence-corrected chi connectivity index (χ3v) is 5.87. The molecular formula is C21H25FN4O4S. The third kappa shape index (κ3) is 5.87. The normalized spacial score (nSPS) is 13.5. The largest absolute Gasteiger partial charge is 0.489 e. The number of aromatic nitrogens is 3. The van der Waals surface area contributed by atoms with E-state index in [2.05, 4.69) is 17.0 Å². The number of ether oxygens (including phenoxy) is 1. The van der Waals surface area contributed by atoms with E-state index in [1.807, 2.05) is 6.92 Å². The zero-order valence-corrected chi connectivity index (χ0v) is 18.2. The molecule has 2 heterocycles. The van der Waals surface area contributed by atoms with Crippen LogP contribution in [0.4, 0.5) is 4.39 Å². The lowest BCUT2D eigenvalue weighted by Crippen LogP contribution is -2.31. The Kier molecular flexibility index (Phi) is 7.37. The van der Waals surface area contributed by atoms with Crippen LogP contribution in [0.3, 0.4) is 0 Å². The van der Waals surface area contributed by atoms with Gasteiger partial charge in [0, 0.05) is 24.3 Å². The van der Waals surface area contributed by atoms with Gasteiger partial charge in [-0.25, -0.2) is 18.1 Å². The number of fused-ring (bicyclic) bond motifs is 1. The van der Waals surface area contributed by atoms with Crippen LogP contribution in [0.1, 0.15) is 31.2 Å². The Morgan fingerprint density at radius 1 is 1.29 bits per heavy atom. The predicted octanol–water partition coefficient (Wildman–Crippen LogP) is 3.30. The third-order valence-electron chi connectivity index (χ3n) is 4.56. The standard InChI is InChI=1S/C21H25FN4O4S/c1-3-4-5-19-24-20-12-17(10-11-26(20)25-19)29-14-16(13-22)21(23)30-31(27,28)18-8-6-15(2)7-9-18/h6-13,21H,3-5,14,23H2,1-2H3/b16-13+. The maximum absolute atomic E-state index is 13.4. The summed E-state index contributed by atoms with van der Waals surface area (Å²) < 4.78 is 50.3. The highest BCUT2D eigenvalue weighted by Crippen LogP contribution is 2.19. The number of hydrogen-bond donors (Lipinski definition) is 1. The highest BCUT2D eigenvalue weighted by atomic mass is 32.2. The maximum Gasteiger partial charge on any atom is 0.298 e. The summed E-state index contributed by atoms with van der Waals surface area (Å²) >= 11 is 0. The number of rotatable bonds is 10. The predicted molar refractivity (Wildman–Crippen MR) is 114 cm³/mol. The lowest BCUT2D eigenvalue weighted by molar-refractivity contribution is 0.224. The summed E-state index contributed by atoms with van der Waals surface area (Å²) in [6.07, 6.45) is 3.16. The van der Waals surface area contributed by atoms with Crippen molar-refractivity contribution in [1.82, 2.24) is 14.6 Å². The average molecular weight is 449 g/mol. The first-order chi connectivity index (χ1) is 14.8. The average Bonchev–Trinajstić information content (AvgIpc) is 3.14. The Labute approximate surface area is 180 Å². The Bertz CT molecular complexity index is 1160. The van der Waals surface area contributed by atoms with E-state index < -0.39 is 16.3 Å². The van der Waals surface area contributed by atoms with Crippen LogP contribution in [-0.4, -0.2) is 35.9 Å². The molecule has 0 saturated heterocycles. The van der Waals surface area contributed by atoms with Gasteiger partial charge in [-0.05, 0) is 31.5 Å². The molecule has 8 nitrogen and oxygen atoms in total. The smallest absolute Gasteiger partial charge is 0.298 e. The maximum atomic E-state index is 13.4. The summed E-state index contributed by atoms with van der Waals surface area (Å²) in [5.74, 6) is 1.15. The molecule has 1 unspecified atom stereocenters. The molecule has 0 bridgehead atoms. The lowest BCUT2D eigenvalue weighted by atomic mass is 10.2. The van der Waals surface area contributed by atoms with Crippen LogP contribution in [0.2, 0.25) is 0 Å². The van der Waals surface area contributed by atoms with Crippen molar-refractivity contribution >= 4 is 15.8 Å². The summed E-state index contributed by atoms with van der Waals surface area (Å²) in [7, 11) is -4.16. The van der Waals surface area contributed by atoms with Gasteiger partial charge in [0.1, 0.15) is 12.4 Å². The molecule has 0 aliphatic heterocycles. The van der Waals surface area contributed by atoms with Gasteiger partial charge in [0.15, 0.2) is 17.7 Å². The minimum Gasteiger partial charge on any atom is -0.489 e. The molecule has 3 rings (SSSR count). The highest BCUT2D eigenvalue weighted by Gasteiger charge is 2.22. The quantitative estimate of drug-likeness (QED) is 0.374. The van der Waals surface area contributed by atoms with Crippen molar-refractivity contribution in [3.8, 4) is 5.75 Å². The zero-order chi connectivity index (χ0) is 22.4. The molecule has 1 aromatic carbocycles. The molecule has 0 spiro atoms. The van der Waals surface area contributed by atoms with Gasteiger partial charge < -0.3 is 10.5 Å². The summed E-state index contributed by atoms with van der Waals surface area (Å²) in [5.41, 5.74) is 7.09. The number of pyridine rings is 1. The van der Waals surface area contributed by atoms with Crippen molar-refractivity contribution in [2.24, 2.45) is 5.73 Å². The van der Waals surface area contributed by atoms with Crippen LogP contribution in [0.5, 0.6) is 5.75 Å². The van der Waals surface area contributed by atoms with Gasteiger partial charge in [-0.3, -0.25) is 0 Å². The van der Waals surface area contributed by atoms with Gasteiger partial charge in [-0.15, -0.1) is 0 Å². The van der Waals surface area contributed by atoms with E-state index in [0.717, 1.165) is 30.7 Å². The molecule has 2 aromatic heterocycles. The van der Waals surface area contributed by atoms with Crippen LogP contribution in [0, 0.1) is 6.92 Å². The molecule has 0 aliphatic carbocycles. The van der Waals surface area contributed by atoms with E-state index in [9.17, 15) is 12.8 Å². The number of nitrogens with zero attached hydrogens (tertiary/aromatic N) is 3. The number of nitrogens with two attached hydrogens (primary N) is 1. The van der Waals surface area contributed by atoms with Crippen LogP contribution >= 0.6 is 0 Å². The molecule has 0 saturated carbocycles. The Balaban J connectivity index is 1.64. The zero-order valence-electron chi connectivity index (χ0n) is 17.4. The first-order valence-corrected chi connectivity index (χ1v) is 11.3. The molecule has 0 aliphatic rings. The van der Waals surface area contributed by atoms with E-state index in [4.69, 9.17) is 14.7 Å². The number of hydrogen-bond acceptors (Lipinski definition) is 7. The second-order valence-electron chi connectivity index (χ2n) is 7.05. The van der Waals surface area contributed by atoms with E-state index in [1.54, 1.807) is 35.0 Å². The number of benzene rings is 1. The highest BCUT2D eigenvalue weighted by molar-refractivity contribution is 7.86. The van der Waals surface area contributed by atoms with Crippen LogP contribution < -0.4 is 10.5 Å². The van der Waals surface area contributed by atoms with Crippen LogP contribution in [0.15, 0.2) is 59.4 Å². The number of aryl methyl sites for hydroxylation is 2. The van der Waals surface area contributed by atoms with Crippen molar-refractivity contribution in [3.63, 3.8) is 0 Å². The van der Waals surface area contributed by atoms with Gasteiger partial charge in [0.2, 0.25) is 0 Å². The Hall–Kier alpha value is -2.82. The minimum absolute atomic E-state index is 0.0659. The van der Waals surface area contributed by atoms with Crippen molar-refractivity contribution in [1.29, 1.82) is 0 Å². The fourth-order valence-electron chi connectivity index (χ4n) is 2.74. The SMILES string of the molecule is CCCCc1nc2cc(OC/C(=C\F)C(N)OS(=O)(=O)c3ccc(C)cc3)ccn2n1. The van der Waals surface area contributed by atoms with E-state index >= 15 is 0 Å². The lowest BCUT2D eigenvalue weighted by Gasteiger charge is -2.16. The number of unbranched alkanes of at least 4 members (excludes halogenated alkanes) is 1. The molecule has 1 atom stereocenters. The second kappa shape index (κ2) is 9.99. The summed E-state index contributed by atoms with van der Waals surface area (Å²) in [5, 5.41) is 4.38. The number of halogens is 1. The van der Waals surface area contributed by atoms with Crippen molar-refractivity contribution < 1.29 is 21.7 Å². The Morgan fingerprint density at radius 2 is 2.03 bits per heavy atom. The Morgan fingerprint density at radius 3 is 2.71 bits per heavy atom. The van der Waals surface area contributed by atoms with Gasteiger partial charge in [-0.2, -0.15) is 13.5 Å². The summed E-state index contributed by atoms with van der Waals surface area (Å²) in [4.78, 5) is 4.37. The molecule has 10 heteroatoms. The van der Waals surface area contributed by atoms with Gasteiger partial charge >= 0.3 is 0 Å². The minimum atomic E-state index is -4.16. The van der Waals surface area contributed by atoms with Gasteiger partial charge in [0.25, 0.3) is 10.1 Å². The van der Waals surface area contributed by atoms with Crippen LogP contribution in [-0.2, 0) is 20.7 Å². The van der Waals surface area contributed by atoms with Crippen molar-refractivity contribution in [2.45, 2.75) is 44.2 Å². The summed E-state index contributed by atoms with van der Waals surface area (Å²) in [6, 6.07) is 9.37. The topological polar surface area (TPSA) is 109 Å². The first-order valence-electron chi connectivity index (χ1n) is 9.85. The molecule has 0 fully saturated rings. The van der Waals surface area contributed by atoms with Gasteiger partial charge in [0.05, 0.1) is 11.2 Å². The fraction of sp³-hybridized carbons (Fsp3) is 0.333. The van der Waals surface area contributed by atoms with Crippen LogP contribution in [0.25, 0.3) is 5.65 Å². The van der Waals surface area contributed by atoms with E-state index in [-0.39, 0.29) is 23.4 Å². The van der Waals surface area contributed by atoms with Crippen molar-refractivity contribution in [3.05, 3.63) is 65.9 Å². The monoisotopic (exact) mass is 448 g/mol. The molecule has 2 N–H and O–H groups in total. The van der Waals surface area contributed by atoms with E-state index in [1.165, 1.54) is 12.1 Å². The second-order valence-corrected chi connectivity index (χ2v) is 8.63.